The molecule has 0 atom stereocenters. The van der Waals surface area contributed by atoms with E-state index < -0.39 is 5.97 Å². The summed E-state index contributed by atoms with van der Waals surface area (Å²) in [4.78, 5) is 15.6. The highest BCUT2D eigenvalue weighted by Gasteiger charge is 2.12. The summed E-state index contributed by atoms with van der Waals surface area (Å²) in [5, 5.41) is 9.00. The van der Waals surface area contributed by atoms with E-state index in [1.807, 2.05) is 32.2 Å². The third kappa shape index (κ3) is 5.38. The summed E-state index contributed by atoms with van der Waals surface area (Å²) in [7, 11) is 1.60. The largest absolute Gasteiger partial charge is 0.493 e. The van der Waals surface area contributed by atoms with Crippen molar-refractivity contribution in [2.45, 2.75) is 20.5 Å². The number of aliphatic imine (C=N–C) groups is 1. The van der Waals surface area contributed by atoms with Gasteiger partial charge in [0.05, 0.1) is 21.9 Å². The lowest BCUT2D eigenvalue weighted by Gasteiger charge is -2.14. The molecule has 5 nitrogen and oxygen atoms in total. The quantitative estimate of drug-likeness (QED) is 0.312. The van der Waals surface area contributed by atoms with E-state index in [0.717, 1.165) is 25.9 Å². The molecule has 0 fully saturated rings. The zero-order valence-corrected chi connectivity index (χ0v) is 19.1. The average molecular weight is 515 g/mol. The minimum Gasteiger partial charge on any atom is -0.493 e. The van der Waals surface area contributed by atoms with Crippen molar-refractivity contribution in [1.82, 2.24) is 0 Å². The molecule has 0 bridgehead atoms. The fourth-order valence-electron chi connectivity index (χ4n) is 2.86. The lowest BCUT2D eigenvalue weighted by molar-refractivity contribution is 0.0697. The van der Waals surface area contributed by atoms with Crippen LogP contribution < -0.4 is 9.47 Å². The summed E-state index contributed by atoms with van der Waals surface area (Å²) in [6.07, 6.45) is 1.82. The third-order valence-electron chi connectivity index (χ3n) is 4.55. The van der Waals surface area contributed by atoms with Crippen LogP contribution in [0.15, 0.2) is 59.6 Å². The van der Waals surface area contributed by atoms with Gasteiger partial charge in [-0.15, -0.1) is 0 Å². The van der Waals surface area contributed by atoms with E-state index in [-0.39, 0.29) is 5.56 Å². The van der Waals surface area contributed by atoms with Gasteiger partial charge in [-0.3, -0.25) is 4.99 Å². The van der Waals surface area contributed by atoms with Crippen molar-refractivity contribution in [1.29, 1.82) is 0 Å². The number of aryl methyl sites for hydroxylation is 2. The molecule has 0 spiro atoms. The number of ether oxygens (including phenoxy) is 2. The molecule has 3 aromatic rings. The second-order valence-electron chi connectivity index (χ2n) is 6.87. The van der Waals surface area contributed by atoms with Gasteiger partial charge in [0.2, 0.25) is 0 Å². The molecule has 6 heteroatoms. The Bertz CT molecular complexity index is 1090. The highest BCUT2D eigenvalue weighted by Crippen LogP contribution is 2.34. The highest BCUT2D eigenvalue weighted by atomic mass is 127. The summed E-state index contributed by atoms with van der Waals surface area (Å²) >= 11 is 2.21. The maximum Gasteiger partial charge on any atom is 0.335 e. The Morgan fingerprint density at radius 3 is 2.50 bits per heavy atom. The molecule has 0 heterocycles. The van der Waals surface area contributed by atoms with Gasteiger partial charge in [0.15, 0.2) is 11.5 Å². The fourth-order valence-corrected chi connectivity index (χ4v) is 3.64. The van der Waals surface area contributed by atoms with Crippen LogP contribution in [0.3, 0.4) is 0 Å². The maximum atomic E-state index is 11.0. The number of halogens is 1. The van der Waals surface area contributed by atoms with Crippen LogP contribution in [0, 0.1) is 17.4 Å². The Kier molecular flexibility index (Phi) is 7.10. The molecule has 0 aliphatic rings. The van der Waals surface area contributed by atoms with E-state index in [1.54, 1.807) is 31.4 Å². The van der Waals surface area contributed by atoms with Gasteiger partial charge >= 0.3 is 5.97 Å². The predicted octanol–water partition coefficient (Wildman–Crippen LogP) is 5.94. The van der Waals surface area contributed by atoms with Crippen LogP contribution in [0.25, 0.3) is 0 Å². The summed E-state index contributed by atoms with van der Waals surface area (Å²) in [6, 6.07) is 16.7. The van der Waals surface area contributed by atoms with Crippen molar-refractivity contribution in [3.05, 3.63) is 86.0 Å². The lowest BCUT2D eigenvalue weighted by atomic mass is 10.1. The van der Waals surface area contributed by atoms with Gasteiger partial charge in [0.1, 0.15) is 6.61 Å². The Hall–Kier alpha value is -2.87. The van der Waals surface area contributed by atoms with Crippen molar-refractivity contribution in [2.75, 3.05) is 7.11 Å². The number of aromatic carboxylic acids is 1. The Morgan fingerprint density at radius 2 is 1.83 bits per heavy atom. The topological polar surface area (TPSA) is 68.1 Å². The molecule has 0 aromatic heterocycles. The Morgan fingerprint density at radius 1 is 1.10 bits per heavy atom. The summed E-state index contributed by atoms with van der Waals surface area (Å²) < 4.78 is 12.4. The first-order valence-electron chi connectivity index (χ1n) is 9.31. The normalized spacial score (nSPS) is 10.9. The molecule has 0 aliphatic carbocycles. The van der Waals surface area contributed by atoms with E-state index in [2.05, 4.69) is 45.8 Å². The standard InChI is InChI=1S/C24H22INO4/c1-15-4-5-16(2)21(10-15)26-13-18-11-20(25)23(22(12-18)29-3)30-14-17-6-8-19(9-7-17)24(27)28/h4-13H,14H2,1-3H3,(H,27,28). The maximum absolute atomic E-state index is 11.0. The zero-order chi connectivity index (χ0) is 21.7. The van der Waals surface area contributed by atoms with Crippen LogP contribution in [0.4, 0.5) is 5.69 Å². The van der Waals surface area contributed by atoms with Gasteiger partial charge < -0.3 is 14.6 Å². The van der Waals surface area contributed by atoms with Crippen LogP contribution in [0.1, 0.15) is 32.6 Å². The van der Waals surface area contributed by atoms with Crippen molar-refractivity contribution in [2.24, 2.45) is 4.99 Å². The van der Waals surface area contributed by atoms with Gasteiger partial charge in [-0.1, -0.05) is 24.3 Å². The lowest BCUT2D eigenvalue weighted by Crippen LogP contribution is -2.02. The molecule has 0 amide bonds. The van der Waals surface area contributed by atoms with Crippen LogP contribution >= 0.6 is 22.6 Å². The third-order valence-corrected chi connectivity index (χ3v) is 5.35. The SMILES string of the molecule is COc1cc(C=Nc2cc(C)ccc2C)cc(I)c1OCc1ccc(C(=O)O)cc1. The smallest absolute Gasteiger partial charge is 0.335 e. The van der Waals surface area contributed by atoms with Gasteiger partial charge in [0, 0.05) is 6.21 Å². The number of hydrogen-bond donors (Lipinski definition) is 1. The molecular formula is C24H22INO4. The molecule has 0 radical (unpaired) electrons. The molecule has 0 unspecified atom stereocenters. The van der Waals surface area contributed by atoms with Crippen LogP contribution in [-0.4, -0.2) is 24.4 Å². The number of carboxylic acid groups (broad SMARTS) is 1. The van der Waals surface area contributed by atoms with E-state index in [4.69, 9.17) is 14.6 Å². The number of hydrogen-bond acceptors (Lipinski definition) is 4. The molecule has 1 N–H and O–H groups in total. The zero-order valence-electron chi connectivity index (χ0n) is 17.0. The van der Waals surface area contributed by atoms with E-state index in [9.17, 15) is 4.79 Å². The Balaban J connectivity index is 1.79. The number of carboxylic acids is 1. The van der Waals surface area contributed by atoms with Crippen LogP contribution in [0.5, 0.6) is 11.5 Å². The van der Waals surface area contributed by atoms with Crippen molar-refractivity contribution in [3.63, 3.8) is 0 Å². The summed E-state index contributed by atoms with van der Waals surface area (Å²) in [6.45, 7) is 4.39. The average Bonchev–Trinajstić information content (AvgIpc) is 2.73. The second kappa shape index (κ2) is 9.75. The Labute approximate surface area is 189 Å². The number of rotatable bonds is 7. The first kappa shape index (κ1) is 21.8. The number of nitrogens with zero attached hydrogens (tertiary/aromatic N) is 1. The van der Waals surface area contributed by atoms with Crippen molar-refractivity contribution < 1.29 is 19.4 Å². The first-order chi connectivity index (χ1) is 14.4. The number of methoxy groups -OCH3 is 1. The molecule has 3 aromatic carbocycles. The van der Waals surface area contributed by atoms with Crippen LogP contribution in [0.2, 0.25) is 0 Å². The second-order valence-corrected chi connectivity index (χ2v) is 8.04. The van der Waals surface area contributed by atoms with Gasteiger partial charge in [-0.25, -0.2) is 4.79 Å². The summed E-state index contributed by atoms with van der Waals surface area (Å²) in [5.41, 5.74) is 5.26. The molecule has 3 rings (SSSR count). The van der Waals surface area contributed by atoms with Gasteiger partial charge in [-0.2, -0.15) is 0 Å². The van der Waals surface area contributed by atoms with Crippen LogP contribution in [-0.2, 0) is 6.61 Å². The minimum absolute atomic E-state index is 0.249. The van der Waals surface area contributed by atoms with E-state index in [1.165, 1.54) is 5.56 Å². The molecular weight excluding hydrogens is 493 g/mol. The first-order valence-corrected chi connectivity index (χ1v) is 10.4. The molecule has 0 saturated carbocycles. The summed E-state index contributed by atoms with van der Waals surface area (Å²) in [5.74, 6) is 0.313. The van der Waals surface area contributed by atoms with Crippen molar-refractivity contribution in [3.8, 4) is 11.5 Å². The van der Waals surface area contributed by atoms with Gasteiger partial charge in [-0.05, 0) is 89.0 Å². The predicted molar refractivity (Wildman–Crippen MR) is 127 cm³/mol. The van der Waals surface area contributed by atoms with E-state index in [0.29, 0.717) is 18.1 Å². The molecule has 30 heavy (non-hydrogen) atoms. The molecule has 154 valence electrons. The fraction of sp³-hybridized carbons (Fsp3) is 0.167. The van der Waals surface area contributed by atoms with Crippen molar-refractivity contribution >= 4 is 40.5 Å². The molecule has 0 aliphatic heterocycles. The number of benzene rings is 3. The molecule has 0 saturated heterocycles. The monoisotopic (exact) mass is 515 g/mol. The minimum atomic E-state index is -0.947. The highest BCUT2D eigenvalue weighted by molar-refractivity contribution is 14.1. The van der Waals surface area contributed by atoms with Gasteiger partial charge in [0.25, 0.3) is 0 Å². The number of carbonyl (C=O) groups is 1. The van der Waals surface area contributed by atoms with E-state index >= 15 is 0 Å².